The van der Waals surface area contributed by atoms with Gasteiger partial charge in [-0.25, -0.2) is 9.78 Å². The fraction of sp³-hybridized carbons (Fsp3) is 0.200. The van der Waals surface area contributed by atoms with E-state index in [9.17, 15) is 19.5 Å². The monoisotopic (exact) mass is 393 g/mol. The van der Waals surface area contributed by atoms with E-state index in [0.29, 0.717) is 23.3 Å². The van der Waals surface area contributed by atoms with E-state index in [4.69, 9.17) is 0 Å². The lowest BCUT2D eigenvalue weighted by Gasteiger charge is -2.10. The highest BCUT2D eigenvalue weighted by Crippen LogP contribution is 2.15. The minimum atomic E-state index is -0.632. The maximum Gasteiger partial charge on any atom is 0.329 e. The molecule has 0 aliphatic heterocycles. The van der Waals surface area contributed by atoms with Gasteiger partial charge < -0.3 is 20.0 Å². The maximum atomic E-state index is 12.5. The van der Waals surface area contributed by atoms with Crippen LogP contribution in [0.15, 0.2) is 58.1 Å². The van der Waals surface area contributed by atoms with Crippen molar-refractivity contribution in [2.24, 2.45) is 0 Å². The molecule has 0 saturated carbocycles. The summed E-state index contributed by atoms with van der Waals surface area (Å²) in [5.41, 5.74) is 0.905. The number of carbonyl (C=O) groups excluding carboxylic acids is 1. The third-order valence-corrected chi connectivity index (χ3v) is 4.72. The topological polar surface area (TPSA) is 122 Å². The summed E-state index contributed by atoms with van der Waals surface area (Å²) in [4.78, 5) is 43.9. The van der Waals surface area contributed by atoms with Gasteiger partial charge in [0.15, 0.2) is 0 Å². The van der Waals surface area contributed by atoms with Gasteiger partial charge in [0.1, 0.15) is 19.0 Å². The molecule has 9 heteroatoms. The first-order valence-electron chi connectivity index (χ1n) is 9.12. The van der Waals surface area contributed by atoms with Gasteiger partial charge in [-0.05, 0) is 24.3 Å². The van der Waals surface area contributed by atoms with Crippen LogP contribution >= 0.6 is 0 Å². The van der Waals surface area contributed by atoms with Crippen molar-refractivity contribution in [3.8, 4) is 0 Å². The van der Waals surface area contributed by atoms with Crippen molar-refractivity contribution in [2.45, 2.75) is 19.7 Å². The zero-order chi connectivity index (χ0) is 20.4. The van der Waals surface area contributed by atoms with Crippen LogP contribution in [0.4, 0.5) is 0 Å². The Morgan fingerprint density at radius 3 is 2.66 bits per heavy atom. The molecular weight excluding hydrogens is 374 g/mol. The van der Waals surface area contributed by atoms with Gasteiger partial charge in [-0.2, -0.15) is 0 Å². The number of carbonyl (C=O) groups is 1. The van der Waals surface area contributed by atoms with Crippen molar-refractivity contribution in [3.05, 3.63) is 75.2 Å². The number of benzene rings is 2. The lowest BCUT2D eigenvalue weighted by atomic mass is 10.2. The van der Waals surface area contributed by atoms with Crippen molar-refractivity contribution in [3.63, 3.8) is 0 Å². The first-order chi connectivity index (χ1) is 14.1. The predicted molar refractivity (Wildman–Crippen MR) is 107 cm³/mol. The molecule has 0 spiro atoms. The number of imidazole rings is 1. The average Bonchev–Trinajstić information content (AvgIpc) is 3.09. The molecule has 1 amide bonds. The number of aliphatic hydroxyl groups excluding tert-OH is 1. The summed E-state index contributed by atoms with van der Waals surface area (Å²) in [6, 6.07) is 14.1. The fourth-order valence-electron chi connectivity index (χ4n) is 3.34. The number of aromatic nitrogens is 4. The predicted octanol–water partition coefficient (Wildman–Crippen LogP) is 0.348. The molecule has 0 unspecified atom stereocenters. The number of nitrogens with zero attached hydrogens (tertiary/aromatic N) is 3. The standard InChI is InChI=1S/C20H19N5O4/c26-12-17-22-15-7-3-4-8-16(15)24(17)10-9-21-18(27)11-25-19(28)13-5-1-2-6-14(13)23-20(25)29/h1-8,26H,9-12H2,(H,21,27)(H,23,29). The summed E-state index contributed by atoms with van der Waals surface area (Å²) in [7, 11) is 0. The highest BCUT2D eigenvalue weighted by atomic mass is 16.3. The molecule has 9 nitrogen and oxygen atoms in total. The quantitative estimate of drug-likeness (QED) is 0.436. The number of aliphatic hydroxyl groups is 1. The van der Waals surface area contributed by atoms with Gasteiger partial charge in [0.25, 0.3) is 5.56 Å². The summed E-state index contributed by atoms with van der Waals surface area (Å²) in [5.74, 6) is 0.0468. The van der Waals surface area contributed by atoms with E-state index in [-0.39, 0.29) is 19.7 Å². The molecule has 3 N–H and O–H groups in total. The number of H-pyrrole nitrogens is 1. The number of para-hydroxylation sites is 3. The Kier molecular flexibility index (Phi) is 4.96. The van der Waals surface area contributed by atoms with E-state index in [2.05, 4.69) is 15.3 Å². The Morgan fingerprint density at radius 1 is 1.07 bits per heavy atom. The normalized spacial score (nSPS) is 11.2. The number of aromatic amines is 1. The summed E-state index contributed by atoms with van der Waals surface area (Å²) in [6.45, 7) is 0.0541. The van der Waals surface area contributed by atoms with Crippen LogP contribution in [0.3, 0.4) is 0 Å². The zero-order valence-electron chi connectivity index (χ0n) is 15.5. The molecule has 4 rings (SSSR count). The van der Waals surface area contributed by atoms with Gasteiger partial charge >= 0.3 is 5.69 Å². The molecule has 0 radical (unpaired) electrons. The van der Waals surface area contributed by atoms with Gasteiger partial charge in [-0.15, -0.1) is 0 Å². The smallest absolute Gasteiger partial charge is 0.329 e. The van der Waals surface area contributed by atoms with E-state index in [0.717, 1.165) is 15.6 Å². The maximum absolute atomic E-state index is 12.5. The highest BCUT2D eigenvalue weighted by Gasteiger charge is 2.12. The van der Waals surface area contributed by atoms with Crippen LogP contribution in [0, 0.1) is 0 Å². The zero-order valence-corrected chi connectivity index (χ0v) is 15.5. The van der Waals surface area contributed by atoms with Crippen LogP contribution in [0.25, 0.3) is 21.9 Å². The van der Waals surface area contributed by atoms with E-state index in [1.54, 1.807) is 24.3 Å². The average molecular weight is 393 g/mol. The van der Waals surface area contributed by atoms with Crippen LogP contribution in [0.5, 0.6) is 0 Å². The van der Waals surface area contributed by atoms with Crippen molar-refractivity contribution in [1.29, 1.82) is 0 Å². The molecule has 2 aromatic carbocycles. The van der Waals surface area contributed by atoms with Crippen LogP contribution in [0.2, 0.25) is 0 Å². The third-order valence-electron chi connectivity index (χ3n) is 4.72. The van der Waals surface area contributed by atoms with Gasteiger partial charge in [0, 0.05) is 13.1 Å². The summed E-state index contributed by atoms with van der Waals surface area (Å²) < 4.78 is 2.70. The van der Waals surface area contributed by atoms with Crippen molar-refractivity contribution < 1.29 is 9.90 Å². The molecule has 0 fully saturated rings. The molecule has 0 atom stereocenters. The van der Waals surface area contributed by atoms with Gasteiger partial charge in [0.05, 0.1) is 21.9 Å². The van der Waals surface area contributed by atoms with Crippen LogP contribution < -0.4 is 16.6 Å². The Bertz CT molecular complexity index is 1320. The molecule has 2 heterocycles. The second kappa shape index (κ2) is 7.72. The number of hydrogen-bond donors (Lipinski definition) is 3. The lowest BCUT2D eigenvalue weighted by Crippen LogP contribution is -2.41. The van der Waals surface area contributed by atoms with E-state index in [1.165, 1.54) is 0 Å². The van der Waals surface area contributed by atoms with Crippen molar-refractivity contribution in [2.75, 3.05) is 6.54 Å². The van der Waals surface area contributed by atoms with Crippen LogP contribution in [-0.4, -0.2) is 36.7 Å². The minimum Gasteiger partial charge on any atom is -0.388 e. The first-order valence-corrected chi connectivity index (χ1v) is 9.12. The summed E-state index contributed by atoms with van der Waals surface area (Å²) >= 11 is 0. The number of amides is 1. The number of rotatable bonds is 6. The van der Waals surface area contributed by atoms with Crippen molar-refractivity contribution >= 4 is 27.8 Å². The van der Waals surface area contributed by atoms with E-state index < -0.39 is 17.2 Å². The second-order valence-electron chi connectivity index (χ2n) is 6.54. The molecular formula is C20H19N5O4. The molecule has 0 aliphatic rings. The van der Waals surface area contributed by atoms with Gasteiger partial charge in [-0.1, -0.05) is 24.3 Å². The molecule has 0 saturated heterocycles. The Morgan fingerprint density at radius 2 is 1.83 bits per heavy atom. The molecule has 29 heavy (non-hydrogen) atoms. The molecule has 0 aliphatic carbocycles. The van der Waals surface area contributed by atoms with Crippen LogP contribution in [-0.2, 0) is 24.5 Å². The Labute approximate surface area is 164 Å². The highest BCUT2D eigenvalue weighted by molar-refractivity contribution is 5.79. The summed E-state index contributed by atoms with van der Waals surface area (Å²) in [5, 5.41) is 12.6. The Hall–Kier alpha value is -3.72. The fourth-order valence-corrected chi connectivity index (χ4v) is 3.34. The second-order valence-corrected chi connectivity index (χ2v) is 6.54. The third kappa shape index (κ3) is 3.55. The number of hydrogen-bond acceptors (Lipinski definition) is 5. The largest absolute Gasteiger partial charge is 0.388 e. The van der Waals surface area contributed by atoms with Gasteiger partial charge in [-0.3, -0.25) is 14.2 Å². The summed E-state index contributed by atoms with van der Waals surface area (Å²) in [6.07, 6.45) is 0. The number of nitrogens with one attached hydrogen (secondary N) is 2. The molecule has 0 bridgehead atoms. The molecule has 148 valence electrons. The van der Waals surface area contributed by atoms with E-state index >= 15 is 0 Å². The SMILES string of the molecule is O=C(Cn1c(=O)[nH]c2ccccc2c1=O)NCCn1c(CO)nc2ccccc21. The first kappa shape index (κ1) is 18.6. The van der Waals surface area contributed by atoms with E-state index in [1.807, 2.05) is 28.8 Å². The van der Waals surface area contributed by atoms with Crippen LogP contribution in [0.1, 0.15) is 5.82 Å². The Balaban J connectivity index is 1.47. The number of fused-ring (bicyclic) bond motifs is 2. The molecule has 2 aromatic heterocycles. The molecule has 4 aromatic rings. The van der Waals surface area contributed by atoms with Crippen molar-refractivity contribution in [1.82, 2.24) is 24.4 Å². The minimum absolute atomic E-state index is 0.218. The van der Waals surface area contributed by atoms with Gasteiger partial charge in [0.2, 0.25) is 5.91 Å². The lowest BCUT2D eigenvalue weighted by molar-refractivity contribution is -0.121.